The number of carbonyl (C=O) groups excluding carboxylic acids is 1. The zero-order valence-electron chi connectivity index (χ0n) is 18.0. The molecule has 9 nitrogen and oxygen atoms in total. The van der Waals surface area contributed by atoms with Crippen molar-refractivity contribution >= 4 is 17.9 Å². The molecule has 3 atom stereocenters. The number of carbonyl (C=O) groups is 1. The number of aromatic nitrogens is 2. The molecular formula is C22H30N6O3. The van der Waals surface area contributed by atoms with Crippen LogP contribution in [0, 0.1) is 0 Å². The number of rotatable bonds is 7. The standard InChI is InChI=1S/C22H30N6O3/c1-15(18-5-3-17(4-6-18)13-27-11-9-23-10-12-27)25-21-24-8-7-20(26-21)28-19(16(2)29)14-31-22(28)30/h3-8,15-16,19,23,29H,9-14H2,1-2H3,(H,24,25,26)/t15-,16+,19+/m0/s1. The number of ether oxygens (including phenoxy) is 1. The summed E-state index contributed by atoms with van der Waals surface area (Å²) >= 11 is 0. The fraction of sp³-hybridized carbons (Fsp3) is 0.500. The van der Waals surface area contributed by atoms with Crippen LogP contribution in [-0.2, 0) is 11.3 Å². The number of piperazine rings is 1. The Balaban J connectivity index is 1.41. The molecule has 2 aromatic rings. The summed E-state index contributed by atoms with van der Waals surface area (Å²) in [5, 5.41) is 16.6. The molecule has 2 aliphatic heterocycles. The molecule has 2 saturated heterocycles. The van der Waals surface area contributed by atoms with Gasteiger partial charge in [-0.05, 0) is 31.0 Å². The van der Waals surface area contributed by atoms with Gasteiger partial charge in [-0.15, -0.1) is 0 Å². The third kappa shape index (κ3) is 5.12. The first-order chi connectivity index (χ1) is 15.0. The van der Waals surface area contributed by atoms with E-state index in [1.807, 2.05) is 6.92 Å². The predicted molar refractivity (Wildman–Crippen MR) is 118 cm³/mol. The van der Waals surface area contributed by atoms with Crippen molar-refractivity contribution in [3.8, 4) is 0 Å². The lowest BCUT2D eigenvalue weighted by molar-refractivity contribution is 0.142. The second-order valence-corrected chi connectivity index (χ2v) is 8.13. The molecule has 166 valence electrons. The van der Waals surface area contributed by atoms with E-state index in [1.54, 1.807) is 19.2 Å². The van der Waals surface area contributed by atoms with Crippen LogP contribution in [0.4, 0.5) is 16.6 Å². The van der Waals surface area contributed by atoms with Gasteiger partial charge in [0.1, 0.15) is 18.5 Å². The van der Waals surface area contributed by atoms with Gasteiger partial charge in [-0.2, -0.15) is 4.98 Å². The van der Waals surface area contributed by atoms with Crippen molar-refractivity contribution < 1.29 is 14.6 Å². The van der Waals surface area contributed by atoms with Crippen LogP contribution in [0.1, 0.15) is 31.0 Å². The molecule has 1 aromatic carbocycles. The van der Waals surface area contributed by atoms with Gasteiger partial charge in [0.15, 0.2) is 0 Å². The molecule has 4 rings (SSSR count). The number of anilines is 2. The van der Waals surface area contributed by atoms with E-state index in [2.05, 4.69) is 49.8 Å². The summed E-state index contributed by atoms with van der Waals surface area (Å²) < 4.78 is 5.09. The highest BCUT2D eigenvalue weighted by molar-refractivity contribution is 5.89. The molecule has 0 spiro atoms. The van der Waals surface area contributed by atoms with Crippen molar-refractivity contribution in [2.24, 2.45) is 0 Å². The molecule has 0 bridgehead atoms. The average Bonchev–Trinajstić information content (AvgIpc) is 3.17. The van der Waals surface area contributed by atoms with Crippen LogP contribution in [0.25, 0.3) is 0 Å². The number of nitrogens with zero attached hydrogens (tertiary/aromatic N) is 4. The Morgan fingerprint density at radius 3 is 2.68 bits per heavy atom. The van der Waals surface area contributed by atoms with Crippen LogP contribution >= 0.6 is 0 Å². The molecule has 0 unspecified atom stereocenters. The minimum absolute atomic E-state index is 0.0124. The fourth-order valence-electron chi connectivity index (χ4n) is 3.92. The zero-order valence-corrected chi connectivity index (χ0v) is 18.0. The third-order valence-electron chi connectivity index (χ3n) is 5.79. The molecule has 3 N–H and O–H groups in total. The lowest BCUT2D eigenvalue weighted by atomic mass is 10.1. The summed E-state index contributed by atoms with van der Waals surface area (Å²) in [6.07, 6.45) is 0.360. The SMILES string of the molecule is C[C@H](Nc1nccc(N2C(=O)OC[C@@H]2[C@@H](C)O)n1)c1ccc(CN2CCNCC2)cc1. The van der Waals surface area contributed by atoms with Crippen LogP contribution < -0.4 is 15.5 Å². The monoisotopic (exact) mass is 426 g/mol. The summed E-state index contributed by atoms with van der Waals surface area (Å²) in [7, 11) is 0. The largest absolute Gasteiger partial charge is 0.447 e. The van der Waals surface area contributed by atoms with Crippen LogP contribution in [-0.4, -0.2) is 71.0 Å². The van der Waals surface area contributed by atoms with Crippen LogP contribution in [0.5, 0.6) is 0 Å². The zero-order chi connectivity index (χ0) is 21.8. The van der Waals surface area contributed by atoms with Gasteiger partial charge in [-0.1, -0.05) is 24.3 Å². The van der Waals surface area contributed by atoms with Crippen LogP contribution in [0.2, 0.25) is 0 Å². The van der Waals surface area contributed by atoms with Crippen molar-refractivity contribution in [2.75, 3.05) is 43.0 Å². The van der Waals surface area contributed by atoms with E-state index >= 15 is 0 Å². The molecule has 1 amide bonds. The Bertz CT molecular complexity index is 885. The second-order valence-electron chi connectivity index (χ2n) is 8.13. The van der Waals surface area contributed by atoms with Crippen molar-refractivity contribution in [1.29, 1.82) is 0 Å². The van der Waals surface area contributed by atoms with Crippen molar-refractivity contribution in [1.82, 2.24) is 20.2 Å². The highest BCUT2D eigenvalue weighted by Crippen LogP contribution is 2.25. The molecule has 0 aliphatic carbocycles. The molecule has 3 heterocycles. The van der Waals surface area contributed by atoms with E-state index in [-0.39, 0.29) is 12.6 Å². The van der Waals surface area contributed by atoms with Gasteiger partial charge >= 0.3 is 6.09 Å². The highest BCUT2D eigenvalue weighted by Gasteiger charge is 2.38. The number of amides is 1. The number of aliphatic hydroxyl groups is 1. The number of hydrogen-bond acceptors (Lipinski definition) is 8. The molecule has 0 radical (unpaired) electrons. The first-order valence-corrected chi connectivity index (χ1v) is 10.8. The van der Waals surface area contributed by atoms with E-state index in [0.717, 1.165) is 38.3 Å². The summed E-state index contributed by atoms with van der Waals surface area (Å²) in [5.41, 5.74) is 2.42. The number of benzene rings is 1. The van der Waals surface area contributed by atoms with Crippen molar-refractivity contribution in [3.05, 3.63) is 47.7 Å². The second kappa shape index (κ2) is 9.59. The molecule has 9 heteroatoms. The molecular weight excluding hydrogens is 396 g/mol. The Labute approximate surface area is 182 Å². The van der Waals surface area contributed by atoms with Crippen LogP contribution in [0.3, 0.4) is 0 Å². The van der Waals surface area contributed by atoms with Gasteiger partial charge in [0, 0.05) is 38.9 Å². The fourth-order valence-corrected chi connectivity index (χ4v) is 3.92. The van der Waals surface area contributed by atoms with E-state index in [1.165, 1.54) is 10.5 Å². The maximum atomic E-state index is 12.1. The maximum absolute atomic E-state index is 12.1. The molecule has 2 fully saturated rings. The number of aliphatic hydroxyl groups excluding tert-OH is 1. The minimum Gasteiger partial charge on any atom is -0.447 e. The lowest BCUT2D eigenvalue weighted by Crippen LogP contribution is -2.42. The third-order valence-corrected chi connectivity index (χ3v) is 5.79. The average molecular weight is 427 g/mol. The van der Waals surface area contributed by atoms with E-state index in [9.17, 15) is 9.90 Å². The molecule has 0 saturated carbocycles. The van der Waals surface area contributed by atoms with Crippen molar-refractivity contribution in [2.45, 2.75) is 38.6 Å². The predicted octanol–water partition coefficient (Wildman–Crippen LogP) is 1.76. The highest BCUT2D eigenvalue weighted by atomic mass is 16.6. The molecule has 31 heavy (non-hydrogen) atoms. The lowest BCUT2D eigenvalue weighted by Gasteiger charge is -2.27. The van der Waals surface area contributed by atoms with Gasteiger partial charge < -0.3 is 20.5 Å². The summed E-state index contributed by atoms with van der Waals surface area (Å²) in [4.78, 5) is 24.7. The van der Waals surface area contributed by atoms with Crippen LogP contribution in [0.15, 0.2) is 36.5 Å². The first kappa shape index (κ1) is 21.5. The number of cyclic esters (lactones) is 1. The topological polar surface area (TPSA) is 103 Å². The number of nitrogens with one attached hydrogen (secondary N) is 2. The summed E-state index contributed by atoms with van der Waals surface area (Å²) in [5.74, 6) is 0.823. The smallest absolute Gasteiger partial charge is 0.416 e. The van der Waals surface area contributed by atoms with Gasteiger partial charge in [-0.3, -0.25) is 9.80 Å². The first-order valence-electron chi connectivity index (χ1n) is 10.8. The summed E-state index contributed by atoms with van der Waals surface area (Å²) in [6.45, 7) is 9.03. The number of hydrogen-bond donors (Lipinski definition) is 3. The van der Waals surface area contributed by atoms with Gasteiger partial charge in [0.25, 0.3) is 0 Å². The quantitative estimate of drug-likeness (QED) is 0.616. The molecule has 1 aromatic heterocycles. The Hall–Kier alpha value is -2.75. The maximum Gasteiger partial charge on any atom is 0.416 e. The van der Waals surface area contributed by atoms with Gasteiger partial charge in [-0.25, -0.2) is 9.78 Å². The Kier molecular flexibility index (Phi) is 6.64. The van der Waals surface area contributed by atoms with E-state index in [0.29, 0.717) is 11.8 Å². The van der Waals surface area contributed by atoms with Gasteiger partial charge in [0.2, 0.25) is 5.95 Å². The van der Waals surface area contributed by atoms with E-state index < -0.39 is 18.2 Å². The van der Waals surface area contributed by atoms with Gasteiger partial charge in [0.05, 0.1) is 12.1 Å². The van der Waals surface area contributed by atoms with E-state index in [4.69, 9.17) is 4.74 Å². The summed E-state index contributed by atoms with van der Waals surface area (Å²) in [6, 6.07) is 9.75. The minimum atomic E-state index is -0.725. The molecule has 2 aliphatic rings. The Morgan fingerprint density at radius 1 is 1.23 bits per heavy atom. The normalized spacial score (nSPS) is 21.6. The van der Waals surface area contributed by atoms with Crippen molar-refractivity contribution in [3.63, 3.8) is 0 Å². The Morgan fingerprint density at radius 2 is 1.97 bits per heavy atom.